The number of allylic oxidation sites excluding steroid dienone is 3. The Kier molecular flexibility index (Phi) is 6.45. The topological polar surface area (TPSA) is 67.2 Å². The van der Waals surface area contributed by atoms with Gasteiger partial charge in [-0.2, -0.15) is 18.3 Å². The maximum Gasteiger partial charge on any atom is 0.392 e. The number of hydrogen-bond acceptors (Lipinski definition) is 3. The fourth-order valence-corrected chi connectivity index (χ4v) is 6.91. The largest absolute Gasteiger partial charge is 0.392 e. The molecule has 4 atom stereocenters. The van der Waals surface area contributed by atoms with E-state index in [0.29, 0.717) is 30.5 Å². The van der Waals surface area contributed by atoms with Crippen molar-refractivity contribution < 1.29 is 27.5 Å². The van der Waals surface area contributed by atoms with Gasteiger partial charge in [0, 0.05) is 11.1 Å². The summed E-state index contributed by atoms with van der Waals surface area (Å²) in [6.45, 7) is 1.82. The molecule has 6 rings (SSSR count). The SMILES string of the molecule is C[C@]12Cc3cnn(-c4ccc(F)cc4)c3C=C1CCC1C2=CC[C@@H](C(F)(F)F)[C@@H]1C(=O)Nc1cccc(CO)c1. The molecule has 0 aliphatic heterocycles. The number of aliphatic hydroxyl groups excluding tert-OH is 1. The molecule has 0 saturated heterocycles. The number of benzene rings is 2. The quantitative estimate of drug-likeness (QED) is 0.283. The van der Waals surface area contributed by atoms with Crippen LogP contribution in [0.1, 0.15) is 43.0 Å². The van der Waals surface area contributed by atoms with Crippen molar-refractivity contribution in [2.75, 3.05) is 5.32 Å². The normalized spacial score (nSPS) is 25.7. The molecule has 0 radical (unpaired) electrons. The van der Waals surface area contributed by atoms with Gasteiger partial charge in [0.2, 0.25) is 5.91 Å². The van der Waals surface area contributed by atoms with E-state index in [0.717, 1.165) is 28.1 Å². The molecular weight excluding hydrogens is 522 g/mol. The zero-order chi connectivity index (χ0) is 28.2. The number of nitrogens with one attached hydrogen (secondary N) is 1. The number of carbonyl (C=O) groups excluding carboxylic acids is 1. The number of amides is 1. The molecule has 0 spiro atoms. The van der Waals surface area contributed by atoms with Crippen molar-refractivity contribution in [2.45, 2.75) is 45.4 Å². The van der Waals surface area contributed by atoms with Gasteiger partial charge in [0.05, 0.1) is 36.0 Å². The van der Waals surface area contributed by atoms with E-state index in [1.807, 2.05) is 0 Å². The smallest absolute Gasteiger partial charge is 0.392 e. The van der Waals surface area contributed by atoms with E-state index in [-0.39, 0.29) is 18.8 Å². The highest BCUT2D eigenvalue weighted by molar-refractivity contribution is 5.93. The van der Waals surface area contributed by atoms with Crippen LogP contribution in [-0.2, 0) is 17.8 Å². The first-order valence-electron chi connectivity index (χ1n) is 13.4. The number of anilines is 1. The standard InChI is InChI=1S/C31H29F4N3O2/c1-30-15-19-16-36-38(23-8-6-21(32)7-9-23)27(19)14-20(30)5-10-24-25(30)11-12-26(31(33,34)35)28(24)29(40)37-22-4-2-3-18(13-22)17-39/h2-4,6-9,11,13-14,16,24,26,28,39H,5,10,12,15,17H2,1H3,(H,37,40)/t24?,26-,28-,30+/m1/s1. The Morgan fingerprint density at radius 3 is 2.70 bits per heavy atom. The molecule has 1 amide bonds. The lowest BCUT2D eigenvalue weighted by Crippen LogP contribution is -2.49. The molecule has 1 heterocycles. The van der Waals surface area contributed by atoms with Crippen LogP contribution < -0.4 is 5.32 Å². The van der Waals surface area contributed by atoms with Gasteiger partial charge in [-0.1, -0.05) is 36.3 Å². The van der Waals surface area contributed by atoms with Gasteiger partial charge < -0.3 is 10.4 Å². The highest BCUT2D eigenvalue weighted by atomic mass is 19.4. The molecule has 1 saturated carbocycles. The Morgan fingerprint density at radius 1 is 1.20 bits per heavy atom. The molecule has 208 valence electrons. The molecule has 1 aromatic heterocycles. The predicted octanol–water partition coefficient (Wildman–Crippen LogP) is 6.62. The van der Waals surface area contributed by atoms with Crippen LogP contribution in [0.5, 0.6) is 0 Å². The van der Waals surface area contributed by atoms with Gasteiger partial charge in [-0.05, 0) is 85.2 Å². The van der Waals surface area contributed by atoms with Crippen molar-refractivity contribution >= 4 is 17.7 Å². The molecule has 5 nitrogen and oxygen atoms in total. The lowest BCUT2D eigenvalue weighted by atomic mass is 9.54. The summed E-state index contributed by atoms with van der Waals surface area (Å²) < 4.78 is 58.1. The summed E-state index contributed by atoms with van der Waals surface area (Å²) in [4.78, 5) is 13.6. The number of alkyl halides is 3. The molecule has 3 aliphatic carbocycles. The maximum absolute atomic E-state index is 14.3. The van der Waals surface area contributed by atoms with Crippen LogP contribution in [0.4, 0.5) is 23.2 Å². The third-order valence-corrected chi connectivity index (χ3v) is 8.84. The van der Waals surface area contributed by atoms with Crippen LogP contribution in [-0.4, -0.2) is 27.0 Å². The zero-order valence-corrected chi connectivity index (χ0v) is 21.9. The second kappa shape index (κ2) is 9.73. The van der Waals surface area contributed by atoms with Crippen molar-refractivity contribution in [1.29, 1.82) is 0 Å². The van der Waals surface area contributed by atoms with Crippen LogP contribution in [0, 0.1) is 29.0 Å². The number of rotatable bonds is 4. The first-order valence-corrected chi connectivity index (χ1v) is 13.4. The lowest BCUT2D eigenvalue weighted by molar-refractivity contribution is -0.196. The number of nitrogens with zero attached hydrogens (tertiary/aromatic N) is 2. The van der Waals surface area contributed by atoms with E-state index in [2.05, 4.69) is 23.4 Å². The Hall–Kier alpha value is -3.72. The minimum absolute atomic E-state index is 0.235. The Morgan fingerprint density at radius 2 is 1.98 bits per heavy atom. The second-order valence-corrected chi connectivity index (χ2v) is 11.2. The molecule has 3 aromatic rings. The van der Waals surface area contributed by atoms with Gasteiger partial charge in [0.25, 0.3) is 0 Å². The van der Waals surface area contributed by atoms with Gasteiger partial charge in [0.15, 0.2) is 0 Å². The first kappa shape index (κ1) is 26.5. The highest BCUT2D eigenvalue weighted by Crippen LogP contribution is 2.59. The van der Waals surface area contributed by atoms with Crippen LogP contribution >= 0.6 is 0 Å². The van der Waals surface area contributed by atoms with Crippen molar-refractivity contribution in [3.8, 4) is 5.69 Å². The summed E-state index contributed by atoms with van der Waals surface area (Å²) in [5, 5.41) is 16.7. The van der Waals surface area contributed by atoms with Crippen molar-refractivity contribution in [1.82, 2.24) is 9.78 Å². The van der Waals surface area contributed by atoms with E-state index in [4.69, 9.17) is 0 Å². The van der Waals surface area contributed by atoms with Gasteiger partial charge >= 0.3 is 6.18 Å². The zero-order valence-electron chi connectivity index (χ0n) is 21.9. The number of fused-ring (bicyclic) bond motifs is 4. The predicted molar refractivity (Wildman–Crippen MR) is 143 cm³/mol. The average Bonchev–Trinajstić information content (AvgIpc) is 3.33. The number of carbonyl (C=O) groups is 1. The molecule has 2 aromatic carbocycles. The molecule has 2 N–H and O–H groups in total. The van der Waals surface area contributed by atoms with Gasteiger partial charge in [0.1, 0.15) is 5.82 Å². The van der Waals surface area contributed by atoms with E-state index in [1.54, 1.807) is 53.4 Å². The van der Waals surface area contributed by atoms with Crippen molar-refractivity contribution in [2.24, 2.45) is 23.2 Å². The van der Waals surface area contributed by atoms with E-state index in [1.165, 1.54) is 12.1 Å². The maximum atomic E-state index is 14.3. The second-order valence-electron chi connectivity index (χ2n) is 11.2. The molecule has 1 unspecified atom stereocenters. The fourth-order valence-electron chi connectivity index (χ4n) is 6.91. The molecule has 40 heavy (non-hydrogen) atoms. The number of aromatic nitrogens is 2. The molecule has 3 aliphatic rings. The summed E-state index contributed by atoms with van der Waals surface area (Å²) in [5.41, 5.74) is 4.96. The van der Waals surface area contributed by atoms with Gasteiger partial charge in [-0.15, -0.1) is 0 Å². The number of halogens is 4. The summed E-state index contributed by atoms with van der Waals surface area (Å²) in [6.07, 6.45) is 2.31. The highest BCUT2D eigenvalue weighted by Gasteiger charge is 2.56. The third kappa shape index (κ3) is 4.46. The average molecular weight is 552 g/mol. The van der Waals surface area contributed by atoms with Crippen LogP contribution in [0.15, 0.2) is 72.0 Å². The van der Waals surface area contributed by atoms with E-state index in [9.17, 15) is 27.5 Å². The lowest BCUT2D eigenvalue weighted by Gasteiger charge is -2.50. The Labute approximate surface area is 229 Å². The van der Waals surface area contributed by atoms with Crippen LogP contribution in [0.3, 0.4) is 0 Å². The first-order chi connectivity index (χ1) is 19.1. The van der Waals surface area contributed by atoms with Gasteiger partial charge in [-0.25, -0.2) is 9.07 Å². The van der Waals surface area contributed by atoms with Crippen molar-refractivity contribution in [3.63, 3.8) is 0 Å². The molecule has 9 heteroatoms. The Bertz CT molecular complexity index is 1520. The minimum Gasteiger partial charge on any atom is -0.392 e. The summed E-state index contributed by atoms with van der Waals surface area (Å²) in [6, 6.07) is 12.6. The van der Waals surface area contributed by atoms with Gasteiger partial charge in [-0.3, -0.25) is 4.79 Å². The molecular formula is C31H29F4N3O2. The van der Waals surface area contributed by atoms with E-state index >= 15 is 0 Å². The third-order valence-electron chi connectivity index (χ3n) is 8.84. The monoisotopic (exact) mass is 551 g/mol. The van der Waals surface area contributed by atoms with Crippen LogP contribution in [0.2, 0.25) is 0 Å². The molecule has 1 fully saturated rings. The number of hydrogen-bond donors (Lipinski definition) is 2. The molecule has 0 bridgehead atoms. The van der Waals surface area contributed by atoms with Crippen LogP contribution in [0.25, 0.3) is 11.8 Å². The number of aliphatic hydroxyl groups is 1. The van der Waals surface area contributed by atoms with Crippen molar-refractivity contribution in [3.05, 3.63) is 94.6 Å². The minimum atomic E-state index is -4.52. The summed E-state index contributed by atoms with van der Waals surface area (Å²) in [7, 11) is 0. The fraction of sp³-hybridized carbons (Fsp3) is 0.355. The summed E-state index contributed by atoms with van der Waals surface area (Å²) >= 11 is 0. The Balaban J connectivity index is 1.35. The van der Waals surface area contributed by atoms with E-state index < -0.39 is 35.3 Å². The summed E-state index contributed by atoms with van der Waals surface area (Å²) in [5.74, 6) is -4.59.